The van der Waals surface area contributed by atoms with Gasteiger partial charge >= 0.3 is 0 Å². The molecule has 1 aliphatic rings. The van der Waals surface area contributed by atoms with Gasteiger partial charge in [0, 0.05) is 12.2 Å². The number of nitrogens with one attached hydrogen (secondary N) is 1. The molecule has 1 saturated heterocycles. The van der Waals surface area contributed by atoms with Gasteiger partial charge in [0.2, 0.25) is 0 Å². The van der Waals surface area contributed by atoms with Gasteiger partial charge in [-0.15, -0.1) is 0 Å². The lowest BCUT2D eigenvalue weighted by molar-refractivity contribution is 0.0682. The quantitative estimate of drug-likeness (QED) is 0.734. The van der Waals surface area contributed by atoms with E-state index in [4.69, 9.17) is 14.2 Å². The van der Waals surface area contributed by atoms with E-state index in [9.17, 15) is 4.79 Å². The van der Waals surface area contributed by atoms with E-state index in [-0.39, 0.29) is 18.1 Å². The number of ether oxygens (including phenoxy) is 3. The minimum Gasteiger partial charge on any atom is -0.491 e. The third-order valence-electron chi connectivity index (χ3n) is 4.61. The van der Waals surface area contributed by atoms with Crippen LogP contribution in [0.1, 0.15) is 43.5 Å². The van der Waals surface area contributed by atoms with Crippen LogP contribution in [0.25, 0.3) is 0 Å². The molecule has 0 bridgehead atoms. The first-order chi connectivity index (χ1) is 13.2. The van der Waals surface area contributed by atoms with Gasteiger partial charge in [0.1, 0.15) is 18.1 Å². The standard InChI is InChI=1S/C22H27NO4/c1-3-16(2)27-18-12-10-17(11-13-18)22(24)23-20-8-4-5-9-21(20)26-15-19-7-6-14-25-19/h4-5,8-13,16,19H,3,6-7,14-15H2,1-2H3,(H,23,24). The van der Waals surface area contributed by atoms with Crippen LogP contribution in [-0.2, 0) is 4.74 Å². The molecule has 0 aromatic heterocycles. The molecular formula is C22H27NO4. The van der Waals surface area contributed by atoms with E-state index >= 15 is 0 Å². The Bertz CT molecular complexity index is 738. The first kappa shape index (κ1) is 19.2. The normalized spacial score (nSPS) is 17.3. The van der Waals surface area contributed by atoms with Crippen LogP contribution in [-0.4, -0.2) is 31.3 Å². The van der Waals surface area contributed by atoms with Gasteiger partial charge in [-0.1, -0.05) is 19.1 Å². The van der Waals surface area contributed by atoms with Crippen molar-refractivity contribution in [3.8, 4) is 11.5 Å². The summed E-state index contributed by atoms with van der Waals surface area (Å²) in [5.41, 5.74) is 1.22. The summed E-state index contributed by atoms with van der Waals surface area (Å²) < 4.78 is 17.2. The Balaban J connectivity index is 1.61. The number of hydrogen-bond donors (Lipinski definition) is 1. The second-order valence-corrected chi connectivity index (χ2v) is 6.76. The third-order valence-corrected chi connectivity index (χ3v) is 4.61. The van der Waals surface area contributed by atoms with E-state index in [1.54, 1.807) is 12.1 Å². The summed E-state index contributed by atoms with van der Waals surface area (Å²) in [5, 5.41) is 2.93. The predicted molar refractivity (Wildman–Crippen MR) is 106 cm³/mol. The van der Waals surface area contributed by atoms with E-state index < -0.39 is 0 Å². The molecule has 0 saturated carbocycles. The topological polar surface area (TPSA) is 56.8 Å². The van der Waals surface area contributed by atoms with E-state index in [2.05, 4.69) is 12.2 Å². The van der Waals surface area contributed by atoms with E-state index in [0.717, 1.165) is 31.6 Å². The predicted octanol–water partition coefficient (Wildman–Crippen LogP) is 4.67. The van der Waals surface area contributed by atoms with E-state index in [0.29, 0.717) is 23.6 Å². The number of carbonyl (C=O) groups excluding carboxylic acids is 1. The summed E-state index contributed by atoms with van der Waals surface area (Å²) in [4.78, 5) is 12.6. The molecule has 1 heterocycles. The number of amides is 1. The SMILES string of the molecule is CCC(C)Oc1ccc(C(=O)Nc2ccccc2OCC2CCCO2)cc1. The zero-order valence-corrected chi connectivity index (χ0v) is 15.9. The zero-order chi connectivity index (χ0) is 19.1. The molecule has 0 aliphatic carbocycles. The Labute approximate surface area is 160 Å². The number of hydrogen-bond acceptors (Lipinski definition) is 4. The molecule has 2 aromatic carbocycles. The van der Waals surface area contributed by atoms with Crippen molar-refractivity contribution in [2.45, 2.75) is 45.3 Å². The third kappa shape index (κ3) is 5.47. The van der Waals surface area contributed by atoms with Crippen molar-refractivity contribution in [2.24, 2.45) is 0 Å². The van der Waals surface area contributed by atoms with Crippen molar-refractivity contribution >= 4 is 11.6 Å². The van der Waals surface area contributed by atoms with Crippen LogP contribution in [0, 0.1) is 0 Å². The molecule has 1 amide bonds. The van der Waals surface area contributed by atoms with Crippen molar-refractivity contribution < 1.29 is 19.0 Å². The molecule has 2 aromatic rings. The second-order valence-electron chi connectivity index (χ2n) is 6.76. The smallest absolute Gasteiger partial charge is 0.255 e. The maximum Gasteiger partial charge on any atom is 0.255 e. The van der Waals surface area contributed by atoms with Gasteiger partial charge in [-0.2, -0.15) is 0 Å². The highest BCUT2D eigenvalue weighted by Gasteiger charge is 2.17. The summed E-state index contributed by atoms with van der Waals surface area (Å²) >= 11 is 0. The average molecular weight is 369 g/mol. The Hall–Kier alpha value is -2.53. The minimum atomic E-state index is -0.182. The number of para-hydroxylation sites is 2. The lowest BCUT2D eigenvalue weighted by Gasteiger charge is -2.15. The fraction of sp³-hybridized carbons (Fsp3) is 0.409. The maximum absolute atomic E-state index is 12.6. The fourth-order valence-electron chi connectivity index (χ4n) is 2.85. The minimum absolute atomic E-state index is 0.131. The van der Waals surface area contributed by atoms with Gasteiger partial charge in [0.05, 0.1) is 17.9 Å². The van der Waals surface area contributed by atoms with Crippen LogP contribution in [0.2, 0.25) is 0 Å². The maximum atomic E-state index is 12.6. The monoisotopic (exact) mass is 369 g/mol. The average Bonchev–Trinajstić information content (AvgIpc) is 3.21. The largest absolute Gasteiger partial charge is 0.491 e. The first-order valence-corrected chi connectivity index (χ1v) is 9.57. The number of anilines is 1. The summed E-state index contributed by atoms with van der Waals surface area (Å²) in [7, 11) is 0. The molecule has 1 fully saturated rings. The molecule has 0 radical (unpaired) electrons. The van der Waals surface area contributed by atoms with E-state index in [1.165, 1.54) is 0 Å². The van der Waals surface area contributed by atoms with Crippen LogP contribution in [0.5, 0.6) is 11.5 Å². The van der Waals surface area contributed by atoms with Gasteiger partial charge in [-0.05, 0) is 62.6 Å². The molecule has 5 heteroatoms. The second kappa shape index (κ2) is 9.42. The van der Waals surface area contributed by atoms with Crippen LogP contribution in [0.3, 0.4) is 0 Å². The van der Waals surface area contributed by atoms with Crippen LogP contribution in [0.4, 0.5) is 5.69 Å². The molecule has 5 nitrogen and oxygen atoms in total. The van der Waals surface area contributed by atoms with E-state index in [1.807, 2.05) is 43.3 Å². The lowest BCUT2D eigenvalue weighted by atomic mass is 10.2. The summed E-state index contributed by atoms with van der Waals surface area (Å²) in [5.74, 6) is 1.23. The summed E-state index contributed by atoms with van der Waals surface area (Å²) in [6, 6.07) is 14.6. The van der Waals surface area contributed by atoms with Gasteiger partial charge in [0.25, 0.3) is 5.91 Å². The Morgan fingerprint density at radius 1 is 1.22 bits per heavy atom. The number of rotatable bonds is 8. The lowest BCUT2D eigenvalue weighted by Crippen LogP contribution is -2.18. The van der Waals surface area contributed by atoms with Gasteiger partial charge in [-0.25, -0.2) is 0 Å². The molecule has 0 spiro atoms. The van der Waals surface area contributed by atoms with Crippen molar-refractivity contribution in [3.05, 3.63) is 54.1 Å². The van der Waals surface area contributed by atoms with Gasteiger partial charge in [-0.3, -0.25) is 4.79 Å². The molecule has 27 heavy (non-hydrogen) atoms. The van der Waals surface area contributed by atoms with Gasteiger partial charge in [0.15, 0.2) is 0 Å². The Morgan fingerprint density at radius 2 is 2.00 bits per heavy atom. The van der Waals surface area contributed by atoms with Crippen LogP contribution < -0.4 is 14.8 Å². The molecular weight excluding hydrogens is 342 g/mol. The Kier molecular flexibility index (Phi) is 6.71. The highest BCUT2D eigenvalue weighted by molar-refractivity contribution is 6.05. The Morgan fingerprint density at radius 3 is 2.70 bits per heavy atom. The summed E-state index contributed by atoms with van der Waals surface area (Å²) in [6.45, 7) is 5.39. The number of benzene rings is 2. The summed E-state index contributed by atoms with van der Waals surface area (Å²) in [6.07, 6.45) is 3.30. The number of carbonyl (C=O) groups is 1. The first-order valence-electron chi connectivity index (χ1n) is 9.57. The highest BCUT2D eigenvalue weighted by Crippen LogP contribution is 2.26. The molecule has 2 unspecified atom stereocenters. The van der Waals surface area contributed by atoms with Crippen LogP contribution in [0.15, 0.2) is 48.5 Å². The van der Waals surface area contributed by atoms with Gasteiger partial charge < -0.3 is 19.5 Å². The molecule has 2 atom stereocenters. The molecule has 1 N–H and O–H groups in total. The van der Waals surface area contributed by atoms with Crippen molar-refractivity contribution in [3.63, 3.8) is 0 Å². The van der Waals surface area contributed by atoms with Crippen molar-refractivity contribution in [1.82, 2.24) is 0 Å². The van der Waals surface area contributed by atoms with Crippen molar-refractivity contribution in [2.75, 3.05) is 18.5 Å². The molecule has 1 aliphatic heterocycles. The fourth-order valence-corrected chi connectivity index (χ4v) is 2.85. The zero-order valence-electron chi connectivity index (χ0n) is 15.9. The van der Waals surface area contributed by atoms with Crippen LogP contribution >= 0.6 is 0 Å². The highest BCUT2D eigenvalue weighted by atomic mass is 16.5. The molecule has 3 rings (SSSR count). The molecule has 144 valence electrons. The van der Waals surface area contributed by atoms with Crippen molar-refractivity contribution in [1.29, 1.82) is 0 Å².